The summed E-state index contributed by atoms with van der Waals surface area (Å²) in [6.07, 6.45) is 2.24. The summed E-state index contributed by atoms with van der Waals surface area (Å²) < 4.78 is 0. The van der Waals surface area contributed by atoms with Crippen LogP contribution in [0.2, 0.25) is 5.02 Å². The Morgan fingerprint density at radius 2 is 2.21 bits per heavy atom. The molecule has 0 spiro atoms. The van der Waals surface area contributed by atoms with Crippen molar-refractivity contribution < 1.29 is 0 Å². The second kappa shape index (κ2) is 5.02. The molecule has 0 aliphatic carbocycles. The van der Waals surface area contributed by atoms with Gasteiger partial charge in [0.1, 0.15) is 6.07 Å². The van der Waals surface area contributed by atoms with E-state index in [0.717, 1.165) is 18.4 Å². The van der Waals surface area contributed by atoms with Gasteiger partial charge in [0.15, 0.2) is 0 Å². The monoisotopic (exact) mass is 207 g/mol. The fourth-order valence-electron chi connectivity index (χ4n) is 1.61. The van der Waals surface area contributed by atoms with E-state index in [9.17, 15) is 0 Å². The molecule has 0 fully saturated rings. The summed E-state index contributed by atoms with van der Waals surface area (Å²) in [6, 6.07) is 7.75. The van der Waals surface area contributed by atoms with Crippen LogP contribution in [0.4, 0.5) is 0 Å². The normalized spacial score (nSPS) is 12.1. The fourth-order valence-corrected chi connectivity index (χ4v) is 1.96. The van der Waals surface area contributed by atoms with E-state index in [1.54, 1.807) is 6.07 Å². The van der Waals surface area contributed by atoms with Crippen molar-refractivity contribution >= 4 is 11.6 Å². The number of halogens is 1. The molecule has 0 saturated heterocycles. The molecule has 1 aromatic rings. The van der Waals surface area contributed by atoms with E-state index in [1.807, 2.05) is 12.1 Å². The summed E-state index contributed by atoms with van der Waals surface area (Å²) in [7, 11) is 0. The van der Waals surface area contributed by atoms with Crippen molar-refractivity contribution in [2.24, 2.45) is 0 Å². The van der Waals surface area contributed by atoms with Gasteiger partial charge < -0.3 is 0 Å². The first-order valence-corrected chi connectivity index (χ1v) is 5.27. The van der Waals surface area contributed by atoms with Gasteiger partial charge in [0, 0.05) is 0 Å². The van der Waals surface area contributed by atoms with Crippen molar-refractivity contribution in [3.8, 4) is 6.07 Å². The maximum absolute atomic E-state index is 8.82. The Labute approximate surface area is 90.3 Å². The maximum atomic E-state index is 8.82. The number of nitriles is 1. The van der Waals surface area contributed by atoms with Crippen molar-refractivity contribution in [1.29, 1.82) is 5.26 Å². The second-order valence-electron chi connectivity index (χ2n) is 3.51. The van der Waals surface area contributed by atoms with Gasteiger partial charge in [0.2, 0.25) is 0 Å². The Balaban J connectivity index is 3.04. The first kappa shape index (κ1) is 11.1. The van der Waals surface area contributed by atoms with Crippen LogP contribution in [0.3, 0.4) is 0 Å². The molecule has 0 saturated carbocycles. The highest BCUT2D eigenvalue weighted by atomic mass is 35.5. The third kappa shape index (κ3) is 2.27. The Morgan fingerprint density at radius 3 is 2.79 bits per heavy atom. The molecule has 1 atom stereocenters. The molecule has 1 nitrogen and oxygen atoms in total. The van der Waals surface area contributed by atoms with Crippen LogP contribution in [0.25, 0.3) is 0 Å². The molecule has 1 unspecified atom stereocenters. The maximum Gasteiger partial charge on any atom is 0.101 e. The smallest absolute Gasteiger partial charge is 0.101 e. The van der Waals surface area contributed by atoms with E-state index in [0.29, 0.717) is 16.5 Å². The first-order valence-electron chi connectivity index (χ1n) is 4.89. The number of rotatable bonds is 3. The third-order valence-electron chi connectivity index (χ3n) is 2.40. The zero-order valence-corrected chi connectivity index (χ0v) is 9.30. The average Bonchev–Trinajstić information content (AvgIpc) is 2.18. The average molecular weight is 208 g/mol. The van der Waals surface area contributed by atoms with Crippen LogP contribution in [0.5, 0.6) is 0 Å². The predicted octanol–water partition coefficient (Wildman–Crippen LogP) is 4.12. The number of nitrogens with zero attached hydrogens (tertiary/aromatic N) is 1. The predicted molar refractivity (Wildman–Crippen MR) is 59.5 cm³/mol. The van der Waals surface area contributed by atoms with Crippen LogP contribution in [-0.4, -0.2) is 0 Å². The van der Waals surface area contributed by atoms with E-state index >= 15 is 0 Å². The summed E-state index contributed by atoms with van der Waals surface area (Å²) in [5, 5.41) is 9.44. The van der Waals surface area contributed by atoms with Crippen LogP contribution in [0.1, 0.15) is 43.7 Å². The van der Waals surface area contributed by atoms with Gasteiger partial charge in [-0.25, -0.2) is 0 Å². The highest BCUT2D eigenvalue weighted by molar-refractivity contribution is 6.32. The molecule has 0 bridgehead atoms. The van der Waals surface area contributed by atoms with Gasteiger partial charge >= 0.3 is 0 Å². The lowest BCUT2D eigenvalue weighted by molar-refractivity contribution is 0.665. The second-order valence-corrected chi connectivity index (χ2v) is 3.89. The van der Waals surface area contributed by atoms with Gasteiger partial charge in [0.05, 0.1) is 10.6 Å². The van der Waals surface area contributed by atoms with E-state index in [1.165, 1.54) is 0 Å². The molecule has 0 heterocycles. The van der Waals surface area contributed by atoms with Crippen molar-refractivity contribution in [3.05, 3.63) is 34.3 Å². The van der Waals surface area contributed by atoms with Crippen LogP contribution in [-0.2, 0) is 0 Å². The SMILES string of the molecule is CCCC(C)c1cccc(C#N)c1Cl. The molecule has 1 rings (SSSR count). The van der Waals surface area contributed by atoms with Gasteiger partial charge in [-0.2, -0.15) is 5.26 Å². The van der Waals surface area contributed by atoms with Crippen LogP contribution < -0.4 is 0 Å². The van der Waals surface area contributed by atoms with Crippen LogP contribution in [0, 0.1) is 11.3 Å². The van der Waals surface area contributed by atoms with Crippen LogP contribution in [0.15, 0.2) is 18.2 Å². The van der Waals surface area contributed by atoms with Gasteiger partial charge in [0.25, 0.3) is 0 Å². The van der Waals surface area contributed by atoms with E-state index < -0.39 is 0 Å². The molecular weight excluding hydrogens is 194 g/mol. The third-order valence-corrected chi connectivity index (χ3v) is 2.82. The number of hydrogen-bond acceptors (Lipinski definition) is 1. The highest BCUT2D eigenvalue weighted by Crippen LogP contribution is 2.29. The summed E-state index contributed by atoms with van der Waals surface area (Å²) in [6.45, 7) is 4.30. The molecule has 74 valence electrons. The minimum absolute atomic E-state index is 0.431. The van der Waals surface area contributed by atoms with Crippen molar-refractivity contribution in [2.75, 3.05) is 0 Å². The largest absolute Gasteiger partial charge is 0.192 e. The minimum atomic E-state index is 0.431. The molecule has 0 N–H and O–H groups in total. The Bertz CT molecular complexity index is 352. The molecule has 0 amide bonds. The lowest BCUT2D eigenvalue weighted by atomic mass is 9.95. The summed E-state index contributed by atoms with van der Waals surface area (Å²) in [5.74, 6) is 0.431. The lowest BCUT2D eigenvalue weighted by Gasteiger charge is -2.12. The van der Waals surface area contributed by atoms with Crippen molar-refractivity contribution in [2.45, 2.75) is 32.6 Å². The molecule has 1 aromatic carbocycles. The Hall–Kier alpha value is -1.00. The molecule has 0 aliphatic rings. The molecule has 0 aromatic heterocycles. The Morgan fingerprint density at radius 1 is 1.50 bits per heavy atom. The van der Waals surface area contributed by atoms with Crippen molar-refractivity contribution in [3.63, 3.8) is 0 Å². The summed E-state index contributed by atoms with van der Waals surface area (Å²) >= 11 is 6.12. The molecule has 0 radical (unpaired) electrons. The molecule has 0 aliphatic heterocycles. The number of hydrogen-bond donors (Lipinski definition) is 0. The molecule has 14 heavy (non-hydrogen) atoms. The van der Waals surface area contributed by atoms with Gasteiger partial charge in [-0.1, -0.05) is 44.0 Å². The standard InChI is InChI=1S/C12H14ClN/c1-3-5-9(2)11-7-4-6-10(8-14)12(11)13/h4,6-7,9H,3,5H2,1-2H3. The zero-order chi connectivity index (χ0) is 10.6. The Kier molecular flexibility index (Phi) is 3.98. The zero-order valence-electron chi connectivity index (χ0n) is 8.55. The number of benzene rings is 1. The minimum Gasteiger partial charge on any atom is -0.192 e. The highest BCUT2D eigenvalue weighted by Gasteiger charge is 2.11. The van der Waals surface area contributed by atoms with Gasteiger partial charge in [-0.3, -0.25) is 0 Å². The summed E-state index contributed by atoms with van der Waals surface area (Å²) in [4.78, 5) is 0. The quantitative estimate of drug-likeness (QED) is 0.732. The summed E-state index contributed by atoms with van der Waals surface area (Å²) in [5.41, 5.74) is 1.67. The van der Waals surface area contributed by atoms with E-state index in [4.69, 9.17) is 16.9 Å². The van der Waals surface area contributed by atoms with Crippen molar-refractivity contribution in [1.82, 2.24) is 0 Å². The van der Waals surface area contributed by atoms with Crippen LogP contribution >= 0.6 is 11.6 Å². The molecular formula is C12H14ClN. The fraction of sp³-hybridized carbons (Fsp3) is 0.417. The first-order chi connectivity index (χ1) is 6.70. The van der Waals surface area contributed by atoms with Gasteiger partial charge in [-0.05, 0) is 24.0 Å². The molecule has 2 heteroatoms. The lowest BCUT2D eigenvalue weighted by Crippen LogP contribution is -1.95. The van der Waals surface area contributed by atoms with E-state index in [-0.39, 0.29) is 0 Å². The van der Waals surface area contributed by atoms with Gasteiger partial charge in [-0.15, -0.1) is 0 Å². The van der Waals surface area contributed by atoms with E-state index in [2.05, 4.69) is 19.9 Å². The topological polar surface area (TPSA) is 23.8 Å².